The van der Waals surface area contributed by atoms with Gasteiger partial charge in [-0.1, -0.05) is 25.1 Å². The topological polar surface area (TPSA) is 20.3 Å². The van der Waals surface area contributed by atoms with Crippen molar-refractivity contribution in [2.75, 3.05) is 6.54 Å². The van der Waals surface area contributed by atoms with Crippen molar-refractivity contribution in [3.63, 3.8) is 0 Å². The summed E-state index contributed by atoms with van der Waals surface area (Å²) in [7, 11) is 0. The molecule has 0 atom stereocenters. The third kappa shape index (κ3) is 1.65. The highest BCUT2D eigenvalue weighted by Crippen LogP contribution is 2.19. The van der Waals surface area contributed by atoms with E-state index in [1.807, 2.05) is 4.90 Å². The summed E-state index contributed by atoms with van der Waals surface area (Å²) < 4.78 is 0. The molecule has 1 aliphatic rings. The summed E-state index contributed by atoms with van der Waals surface area (Å²) >= 11 is 0. The number of hydrogen-bond donors (Lipinski definition) is 0. The Labute approximate surface area is 84.5 Å². The minimum absolute atomic E-state index is 0.784. The SMILES string of the molecule is CCc1ccc2c(c1)CN(C=O)CC2. The van der Waals surface area contributed by atoms with E-state index in [0.717, 1.165) is 32.3 Å². The van der Waals surface area contributed by atoms with Gasteiger partial charge in [-0.2, -0.15) is 0 Å². The smallest absolute Gasteiger partial charge is 0.210 e. The molecular weight excluding hydrogens is 174 g/mol. The van der Waals surface area contributed by atoms with Gasteiger partial charge in [0.2, 0.25) is 6.41 Å². The van der Waals surface area contributed by atoms with Gasteiger partial charge >= 0.3 is 0 Å². The summed E-state index contributed by atoms with van der Waals surface area (Å²) in [6.07, 6.45) is 3.01. The first-order valence-electron chi connectivity index (χ1n) is 5.13. The molecule has 2 nitrogen and oxygen atoms in total. The zero-order valence-corrected chi connectivity index (χ0v) is 8.49. The maximum absolute atomic E-state index is 10.7. The molecule has 1 aromatic carbocycles. The summed E-state index contributed by atoms with van der Waals surface area (Å²) in [5.41, 5.74) is 4.08. The van der Waals surface area contributed by atoms with Gasteiger partial charge in [0, 0.05) is 13.1 Å². The van der Waals surface area contributed by atoms with Gasteiger partial charge in [0.1, 0.15) is 0 Å². The first-order chi connectivity index (χ1) is 6.83. The maximum Gasteiger partial charge on any atom is 0.210 e. The lowest BCUT2D eigenvalue weighted by Gasteiger charge is -2.25. The van der Waals surface area contributed by atoms with Crippen LogP contribution < -0.4 is 0 Å². The molecule has 0 bridgehead atoms. The van der Waals surface area contributed by atoms with Crippen molar-refractivity contribution in [2.45, 2.75) is 26.3 Å². The number of rotatable bonds is 2. The number of carbonyl (C=O) groups is 1. The van der Waals surface area contributed by atoms with Crippen molar-refractivity contribution in [3.05, 3.63) is 34.9 Å². The predicted molar refractivity (Wildman–Crippen MR) is 56.0 cm³/mol. The predicted octanol–water partition coefficient (Wildman–Crippen LogP) is 1.76. The molecule has 0 aromatic heterocycles. The molecule has 0 radical (unpaired) electrons. The van der Waals surface area contributed by atoms with Crippen molar-refractivity contribution in [3.8, 4) is 0 Å². The molecule has 0 saturated heterocycles. The van der Waals surface area contributed by atoms with Crippen molar-refractivity contribution < 1.29 is 4.79 Å². The minimum atomic E-state index is 0.784. The Hall–Kier alpha value is -1.31. The second-order valence-corrected chi connectivity index (χ2v) is 3.78. The average molecular weight is 189 g/mol. The van der Waals surface area contributed by atoms with E-state index in [-0.39, 0.29) is 0 Å². The van der Waals surface area contributed by atoms with Crippen molar-refractivity contribution >= 4 is 6.41 Å². The number of fused-ring (bicyclic) bond motifs is 1. The van der Waals surface area contributed by atoms with Crippen LogP contribution in [-0.2, 0) is 24.2 Å². The average Bonchev–Trinajstić information content (AvgIpc) is 2.27. The van der Waals surface area contributed by atoms with Crippen molar-refractivity contribution in [2.24, 2.45) is 0 Å². The van der Waals surface area contributed by atoms with E-state index in [4.69, 9.17) is 0 Å². The Balaban J connectivity index is 2.29. The second-order valence-electron chi connectivity index (χ2n) is 3.78. The Morgan fingerprint density at radius 1 is 1.43 bits per heavy atom. The molecule has 0 spiro atoms. The molecule has 0 aliphatic carbocycles. The Kier molecular flexibility index (Phi) is 2.53. The summed E-state index contributed by atoms with van der Waals surface area (Å²) in [6.45, 7) is 3.80. The third-order valence-electron chi connectivity index (χ3n) is 2.87. The summed E-state index contributed by atoms with van der Waals surface area (Å²) in [5.74, 6) is 0. The van der Waals surface area contributed by atoms with Crippen LogP contribution in [0.25, 0.3) is 0 Å². The van der Waals surface area contributed by atoms with Gasteiger partial charge in [-0.25, -0.2) is 0 Å². The molecule has 2 heteroatoms. The second kappa shape index (κ2) is 3.82. The zero-order valence-electron chi connectivity index (χ0n) is 8.49. The monoisotopic (exact) mass is 189 g/mol. The molecule has 1 aliphatic heterocycles. The van der Waals surface area contributed by atoms with Crippen LogP contribution in [0.3, 0.4) is 0 Å². The highest BCUT2D eigenvalue weighted by molar-refractivity contribution is 5.49. The Morgan fingerprint density at radius 2 is 2.29 bits per heavy atom. The number of hydrogen-bond acceptors (Lipinski definition) is 1. The quantitative estimate of drug-likeness (QED) is 0.649. The molecule has 0 fully saturated rings. The fraction of sp³-hybridized carbons (Fsp3) is 0.417. The normalized spacial score (nSPS) is 15.1. The van der Waals surface area contributed by atoms with Crippen LogP contribution in [0.5, 0.6) is 0 Å². The lowest BCUT2D eigenvalue weighted by Crippen LogP contribution is -2.29. The fourth-order valence-electron chi connectivity index (χ4n) is 1.94. The maximum atomic E-state index is 10.7. The van der Waals surface area contributed by atoms with E-state index in [1.165, 1.54) is 16.7 Å². The molecule has 0 unspecified atom stereocenters. The largest absolute Gasteiger partial charge is 0.341 e. The standard InChI is InChI=1S/C12H15NO/c1-2-10-3-4-11-5-6-13(9-14)8-12(11)7-10/h3-4,7,9H,2,5-6,8H2,1H3. The van der Waals surface area contributed by atoms with Crippen LogP contribution in [0.2, 0.25) is 0 Å². The van der Waals surface area contributed by atoms with Crippen LogP contribution in [0.4, 0.5) is 0 Å². The van der Waals surface area contributed by atoms with E-state index < -0.39 is 0 Å². The first-order valence-corrected chi connectivity index (χ1v) is 5.13. The third-order valence-corrected chi connectivity index (χ3v) is 2.87. The lowest BCUT2D eigenvalue weighted by molar-refractivity contribution is -0.118. The minimum Gasteiger partial charge on any atom is -0.341 e. The van der Waals surface area contributed by atoms with Crippen LogP contribution in [0.15, 0.2) is 18.2 Å². The van der Waals surface area contributed by atoms with Gasteiger partial charge in [0.05, 0.1) is 0 Å². The first kappa shape index (κ1) is 9.25. The van der Waals surface area contributed by atoms with Crippen molar-refractivity contribution in [1.29, 1.82) is 0 Å². The molecule has 2 rings (SSSR count). The van der Waals surface area contributed by atoms with Crippen LogP contribution in [0, 0.1) is 0 Å². The fourth-order valence-corrected chi connectivity index (χ4v) is 1.94. The summed E-state index contributed by atoms with van der Waals surface area (Å²) in [6, 6.07) is 6.62. The van der Waals surface area contributed by atoms with E-state index in [9.17, 15) is 4.79 Å². The van der Waals surface area contributed by atoms with E-state index >= 15 is 0 Å². The van der Waals surface area contributed by atoms with Crippen molar-refractivity contribution in [1.82, 2.24) is 4.90 Å². The van der Waals surface area contributed by atoms with Gasteiger partial charge in [0.25, 0.3) is 0 Å². The Bertz CT molecular complexity index is 346. The highest BCUT2D eigenvalue weighted by atomic mass is 16.1. The van der Waals surface area contributed by atoms with Crippen LogP contribution in [0.1, 0.15) is 23.6 Å². The summed E-state index contributed by atoms with van der Waals surface area (Å²) in [5, 5.41) is 0. The van der Waals surface area contributed by atoms with E-state index in [0.29, 0.717) is 0 Å². The van der Waals surface area contributed by atoms with Gasteiger partial charge in [-0.05, 0) is 29.5 Å². The van der Waals surface area contributed by atoms with Gasteiger partial charge < -0.3 is 4.90 Å². The molecule has 1 heterocycles. The van der Waals surface area contributed by atoms with Gasteiger partial charge in [0.15, 0.2) is 0 Å². The summed E-state index contributed by atoms with van der Waals surface area (Å²) in [4.78, 5) is 12.5. The molecule has 0 saturated carbocycles. The molecule has 14 heavy (non-hydrogen) atoms. The molecule has 74 valence electrons. The van der Waals surface area contributed by atoms with E-state index in [1.54, 1.807) is 0 Å². The van der Waals surface area contributed by atoms with Gasteiger partial charge in [-0.15, -0.1) is 0 Å². The number of benzene rings is 1. The molecular formula is C12H15NO. The van der Waals surface area contributed by atoms with Gasteiger partial charge in [-0.3, -0.25) is 4.79 Å². The molecule has 1 aromatic rings. The number of amides is 1. The van der Waals surface area contributed by atoms with Crippen LogP contribution in [-0.4, -0.2) is 17.9 Å². The lowest BCUT2D eigenvalue weighted by atomic mass is 9.97. The zero-order chi connectivity index (χ0) is 9.97. The van der Waals surface area contributed by atoms with Crippen LogP contribution >= 0.6 is 0 Å². The highest BCUT2D eigenvalue weighted by Gasteiger charge is 2.14. The number of aryl methyl sites for hydroxylation is 1. The number of carbonyl (C=O) groups excluding carboxylic acids is 1. The van der Waals surface area contributed by atoms with E-state index in [2.05, 4.69) is 25.1 Å². The molecule has 0 N–H and O–H groups in total. The number of nitrogens with zero attached hydrogens (tertiary/aromatic N) is 1. The Morgan fingerprint density at radius 3 is 3.00 bits per heavy atom. The molecule has 1 amide bonds.